The third-order valence-electron chi connectivity index (χ3n) is 3.92. The van der Waals surface area contributed by atoms with Crippen LogP contribution in [0.5, 0.6) is 11.5 Å². The lowest BCUT2D eigenvalue weighted by molar-refractivity contribution is -0.159. The fraction of sp³-hybridized carbons (Fsp3) is 0.529. The molecule has 11 heteroatoms. The molecule has 158 valence electrons. The lowest BCUT2D eigenvalue weighted by Gasteiger charge is -2.33. The molecule has 0 unspecified atom stereocenters. The minimum Gasteiger partial charge on any atom is -0.493 e. The van der Waals surface area contributed by atoms with Crippen LogP contribution in [-0.2, 0) is 26.2 Å². The van der Waals surface area contributed by atoms with Gasteiger partial charge in [-0.1, -0.05) is 6.07 Å². The summed E-state index contributed by atoms with van der Waals surface area (Å²) in [6.07, 6.45) is 1.26. The molecule has 0 bridgehead atoms. The van der Waals surface area contributed by atoms with Gasteiger partial charge in [0, 0.05) is 32.7 Å². The van der Waals surface area contributed by atoms with Crippen molar-refractivity contribution in [2.24, 2.45) is 0 Å². The van der Waals surface area contributed by atoms with E-state index in [2.05, 4.69) is 4.90 Å². The molecular weight excluding hydrogens is 392 g/mol. The molecule has 1 fully saturated rings. The molecule has 0 atom stereocenters. The van der Waals surface area contributed by atoms with E-state index in [9.17, 15) is 8.42 Å². The van der Waals surface area contributed by atoms with Crippen LogP contribution in [0.25, 0.3) is 0 Å². The van der Waals surface area contributed by atoms with Crippen LogP contribution in [0.15, 0.2) is 18.2 Å². The number of benzene rings is 1. The average molecular weight is 418 g/mol. The molecule has 1 aliphatic rings. The number of methoxy groups -OCH3 is 1. The van der Waals surface area contributed by atoms with E-state index in [1.807, 2.05) is 25.1 Å². The topological polar surface area (TPSA) is 134 Å². The summed E-state index contributed by atoms with van der Waals surface area (Å²) in [5.74, 6) is -2.17. The van der Waals surface area contributed by atoms with Crippen LogP contribution in [0, 0.1) is 0 Å². The minimum absolute atomic E-state index is 0.549. The fourth-order valence-corrected chi connectivity index (χ4v) is 3.39. The van der Waals surface area contributed by atoms with Crippen LogP contribution < -0.4 is 9.47 Å². The van der Waals surface area contributed by atoms with Gasteiger partial charge in [-0.2, -0.15) is 4.31 Å². The Morgan fingerprint density at radius 2 is 1.64 bits per heavy atom. The standard InChI is InChI=1S/C15H24N2O4S.C2H2O4/c1-4-21-15-11-13(5-6-14(15)20-2)12-16-7-9-17(10-8-16)22(3,18)19;3-1(4)2(5)6/h5-6,11H,4,7-10,12H2,1-3H3;(H,3,4)(H,5,6). The molecule has 1 heterocycles. The van der Waals surface area contributed by atoms with Gasteiger partial charge >= 0.3 is 11.9 Å². The first-order valence-corrected chi connectivity index (χ1v) is 10.4. The molecule has 10 nitrogen and oxygen atoms in total. The largest absolute Gasteiger partial charge is 0.493 e. The van der Waals surface area contributed by atoms with Crippen molar-refractivity contribution in [3.05, 3.63) is 23.8 Å². The molecule has 1 aromatic carbocycles. The quantitative estimate of drug-likeness (QED) is 0.627. The van der Waals surface area contributed by atoms with Gasteiger partial charge in [-0.15, -0.1) is 0 Å². The number of piperazine rings is 1. The highest BCUT2D eigenvalue weighted by atomic mass is 32.2. The molecule has 0 aromatic heterocycles. The van der Waals surface area contributed by atoms with Crippen molar-refractivity contribution >= 4 is 22.0 Å². The molecule has 0 radical (unpaired) electrons. The Balaban J connectivity index is 0.000000568. The van der Waals surface area contributed by atoms with Crippen molar-refractivity contribution in [2.45, 2.75) is 13.5 Å². The highest BCUT2D eigenvalue weighted by Crippen LogP contribution is 2.28. The van der Waals surface area contributed by atoms with Crippen molar-refractivity contribution in [1.82, 2.24) is 9.21 Å². The average Bonchev–Trinajstić information content (AvgIpc) is 2.62. The van der Waals surface area contributed by atoms with Crippen LogP contribution in [0.2, 0.25) is 0 Å². The molecule has 2 N–H and O–H groups in total. The smallest absolute Gasteiger partial charge is 0.414 e. The molecule has 1 saturated heterocycles. The predicted molar refractivity (Wildman–Crippen MR) is 101 cm³/mol. The predicted octanol–water partition coefficient (Wildman–Crippen LogP) is 0.327. The monoisotopic (exact) mass is 418 g/mol. The van der Waals surface area contributed by atoms with Gasteiger partial charge in [0.05, 0.1) is 20.0 Å². The second-order valence-corrected chi connectivity index (χ2v) is 7.95. The van der Waals surface area contributed by atoms with Gasteiger partial charge < -0.3 is 19.7 Å². The van der Waals surface area contributed by atoms with Crippen molar-refractivity contribution < 1.29 is 37.7 Å². The van der Waals surface area contributed by atoms with Gasteiger partial charge in [0.25, 0.3) is 0 Å². The first-order chi connectivity index (χ1) is 13.1. The summed E-state index contributed by atoms with van der Waals surface area (Å²) >= 11 is 0. The van der Waals surface area contributed by atoms with Crippen LogP contribution in [0.4, 0.5) is 0 Å². The minimum atomic E-state index is -3.08. The van der Waals surface area contributed by atoms with Gasteiger partial charge in [-0.05, 0) is 24.6 Å². The maximum atomic E-state index is 11.5. The highest BCUT2D eigenvalue weighted by Gasteiger charge is 2.23. The number of hydrogen-bond donors (Lipinski definition) is 2. The van der Waals surface area contributed by atoms with E-state index in [0.717, 1.165) is 36.7 Å². The summed E-state index contributed by atoms with van der Waals surface area (Å²) in [5.41, 5.74) is 1.14. The van der Waals surface area contributed by atoms with Crippen LogP contribution in [0.3, 0.4) is 0 Å². The highest BCUT2D eigenvalue weighted by molar-refractivity contribution is 7.88. The first-order valence-electron chi connectivity index (χ1n) is 8.51. The Morgan fingerprint density at radius 3 is 2.07 bits per heavy atom. The Labute approximate surface area is 164 Å². The van der Waals surface area contributed by atoms with E-state index in [-0.39, 0.29) is 0 Å². The normalized spacial score (nSPS) is 15.2. The maximum Gasteiger partial charge on any atom is 0.414 e. The van der Waals surface area contributed by atoms with E-state index in [1.165, 1.54) is 10.6 Å². The summed E-state index contributed by atoms with van der Waals surface area (Å²) < 4.78 is 35.4. The maximum absolute atomic E-state index is 11.5. The van der Waals surface area contributed by atoms with Gasteiger partial charge in [-0.3, -0.25) is 4.90 Å². The zero-order valence-electron chi connectivity index (χ0n) is 16.1. The molecular formula is C17H26N2O8S. The van der Waals surface area contributed by atoms with Crippen molar-refractivity contribution in [1.29, 1.82) is 0 Å². The lowest BCUT2D eigenvalue weighted by Crippen LogP contribution is -2.47. The number of carboxylic acid groups (broad SMARTS) is 2. The Kier molecular flexibility index (Phi) is 9.16. The fourth-order valence-electron chi connectivity index (χ4n) is 2.57. The van der Waals surface area contributed by atoms with Gasteiger partial charge in [-0.25, -0.2) is 18.0 Å². The lowest BCUT2D eigenvalue weighted by atomic mass is 10.1. The van der Waals surface area contributed by atoms with Gasteiger partial charge in [0.15, 0.2) is 11.5 Å². The molecule has 2 rings (SSSR count). The summed E-state index contributed by atoms with van der Waals surface area (Å²) in [7, 11) is -1.45. The third-order valence-corrected chi connectivity index (χ3v) is 5.22. The molecule has 0 spiro atoms. The van der Waals surface area contributed by atoms with Crippen LogP contribution >= 0.6 is 0 Å². The zero-order valence-corrected chi connectivity index (χ0v) is 16.9. The summed E-state index contributed by atoms with van der Waals surface area (Å²) in [4.78, 5) is 20.4. The van der Waals surface area contributed by atoms with E-state index in [1.54, 1.807) is 7.11 Å². The summed E-state index contributed by atoms with van der Waals surface area (Å²) in [6, 6.07) is 5.92. The molecule has 0 aliphatic carbocycles. The number of sulfonamides is 1. The van der Waals surface area contributed by atoms with Crippen molar-refractivity contribution in [2.75, 3.05) is 46.2 Å². The number of rotatable bonds is 6. The van der Waals surface area contributed by atoms with Crippen LogP contribution in [0.1, 0.15) is 12.5 Å². The number of hydrogen-bond acceptors (Lipinski definition) is 7. The van der Waals surface area contributed by atoms with E-state index >= 15 is 0 Å². The van der Waals surface area contributed by atoms with E-state index < -0.39 is 22.0 Å². The molecule has 0 amide bonds. The molecule has 1 aromatic rings. The Bertz CT molecular complexity index is 761. The summed E-state index contributed by atoms with van der Waals surface area (Å²) in [5, 5.41) is 14.8. The number of carboxylic acids is 2. The SMILES string of the molecule is CCOc1cc(CN2CCN(S(C)(=O)=O)CC2)ccc1OC.O=C(O)C(=O)O. The number of nitrogens with zero attached hydrogens (tertiary/aromatic N) is 2. The van der Waals surface area contributed by atoms with Crippen molar-refractivity contribution in [3.8, 4) is 11.5 Å². The number of aliphatic carboxylic acids is 2. The van der Waals surface area contributed by atoms with Crippen molar-refractivity contribution in [3.63, 3.8) is 0 Å². The summed E-state index contributed by atoms with van der Waals surface area (Å²) in [6.45, 7) is 5.89. The van der Waals surface area contributed by atoms with E-state index in [0.29, 0.717) is 19.7 Å². The molecule has 0 saturated carbocycles. The Morgan fingerprint density at radius 1 is 1.07 bits per heavy atom. The number of ether oxygens (including phenoxy) is 2. The zero-order chi connectivity index (χ0) is 21.3. The molecule has 1 aliphatic heterocycles. The van der Waals surface area contributed by atoms with Gasteiger partial charge in [0.2, 0.25) is 10.0 Å². The van der Waals surface area contributed by atoms with Crippen LogP contribution in [-0.4, -0.2) is 85.9 Å². The molecule has 28 heavy (non-hydrogen) atoms. The second-order valence-electron chi connectivity index (χ2n) is 5.97. The van der Waals surface area contributed by atoms with E-state index in [4.69, 9.17) is 29.3 Å². The second kappa shape index (κ2) is 10.8. The Hall–Kier alpha value is -2.37. The van der Waals surface area contributed by atoms with Gasteiger partial charge in [0.1, 0.15) is 0 Å². The number of carbonyl (C=O) groups is 2. The first kappa shape index (κ1) is 23.7. The third kappa shape index (κ3) is 7.71.